The largest absolute Gasteiger partial charge is 0.375 e. The van der Waals surface area contributed by atoms with Gasteiger partial charge >= 0.3 is 0 Å². The summed E-state index contributed by atoms with van der Waals surface area (Å²) in [5, 5.41) is 11.4. The summed E-state index contributed by atoms with van der Waals surface area (Å²) in [4.78, 5) is 0. The fourth-order valence-electron chi connectivity index (χ4n) is 0.853. The fourth-order valence-corrected chi connectivity index (χ4v) is 0.853. The van der Waals surface area contributed by atoms with Crippen molar-refractivity contribution in [3.63, 3.8) is 0 Å². The standard InChI is InChI=1S/C6H10N2O/c7-2-1-6-5-8-3-4-9-6/h6,8H,1,3-5H2/t6-/m1/s1. The van der Waals surface area contributed by atoms with Crippen LogP contribution in [0.2, 0.25) is 0 Å². The smallest absolute Gasteiger partial charge is 0.0829 e. The third-order valence-corrected chi connectivity index (χ3v) is 1.32. The Balaban J connectivity index is 2.17. The van der Waals surface area contributed by atoms with Gasteiger partial charge < -0.3 is 10.1 Å². The van der Waals surface area contributed by atoms with Gasteiger partial charge in [0.1, 0.15) is 0 Å². The van der Waals surface area contributed by atoms with Crippen molar-refractivity contribution in [2.45, 2.75) is 12.5 Å². The normalized spacial score (nSPS) is 27.2. The van der Waals surface area contributed by atoms with Crippen LogP contribution >= 0.6 is 0 Å². The number of nitrogens with one attached hydrogen (secondary N) is 1. The van der Waals surface area contributed by atoms with E-state index in [1.807, 2.05) is 0 Å². The van der Waals surface area contributed by atoms with Crippen LogP contribution in [0.4, 0.5) is 0 Å². The van der Waals surface area contributed by atoms with Gasteiger partial charge in [0, 0.05) is 13.1 Å². The second kappa shape index (κ2) is 3.44. The Hall–Kier alpha value is -0.590. The zero-order chi connectivity index (χ0) is 6.53. The molecule has 50 valence electrons. The molecule has 0 aromatic heterocycles. The molecule has 1 saturated heterocycles. The number of ether oxygens (including phenoxy) is 1. The number of hydrogen-bond acceptors (Lipinski definition) is 3. The van der Waals surface area contributed by atoms with Gasteiger partial charge in [0.2, 0.25) is 0 Å². The molecule has 0 spiro atoms. The molecule has 1 atom stereocenters. The van der Waals surface area contributed by atoms with Crippen LogP contribution in [0.5, 0.6) is 0 Å². The van der Waals surface area contributed by atoms with Crippen molar-refractivity contribution in [3.8, 4) is 6.07 Å². The highest BCUT2D eigenvalue weighted by Gasteiger charge is 2.11. The number of nitriles is 1. The van der Waals surface area contributed by atoms with Crippen molar-refractivity contribution >= 4 is 0 Å². The molecule has 0 aliphatic carbocycles. The van der Waals surface area contributed by atoms with E-state index in [9.17, 15) is 0 Å². The zero-order valence-electron chi connectivity index (χ0n) is 5.26. The van der Waals surface area contributed by atoms with Gasteiger partial charge in [-0.3, -0.25) is 0 Å². The maximum absolute atomic E-state index is 8.26. The molecule has 3 nitrogen and oxygen atoms in total. The Bertz CT molecular complexity index is 113. The summed E-state index contributed by atoms with van der Waals surface area (Å²) < 4.78 is 5.23. The monoisotopic (exact) mass is 126 g/mol. The first kappa shape index (κ1) is 6.53. The third-order valence-electron chi connectivity index (χ3n) is 1.32. The lowest BCUT2D eigenvalue weighted by Crippen LogP contribution is -2.38. The van der Waals surface area contributed by atoms with Crippen LogP contribution in [0.15, 0.2) is 0 Å². The van der Waals surface area contributed by atoms with E-state index >= 15 is 0 Å². The second-order valence-electron chi connectivity index (χ2n) is 2.06. The van der Waals surface area contributed by atoms with E-state index in [4.69, 9.17) is 10.00 Å². The van der Waals surface area contributed by atoms with Crippen LogP contribution in [-0.4, -0.2) is 25.8 Å². The van der Waals surface area contributed by atoms with Gasteiger partial charge in [-0.2, -0.15) is 5.26 Å². The molecule has 9 heavy (non-hydrogen) atoms. The topological polar surface area (TPSA) is 45.0 Å². The molecule has 0 bridgehead atoms. The van der Waals surface area contributed by atoms with Crippen molar-refractivity contribution in [1.29, 1.82) is 5.26 Å². The minimum absolute atomic E-state index is 0.128. The number of nitrogens with zero attached hydrogens (tertiary/aromatic N) is 1. The van der Waals surface area contributed by atoms with Gasteiger partial charge in [0.05, 0.1) is 25.2 Å². The van der Waals surface area contributed by atoms with Crippen molar-refractivity contribution in [2.75, 3.05) is 19.7 Å². The molecule has 1 heterocycles. The molecule has 0 aromatic rings. The van der Waals surface area contributed by atoms with Gasteiger partial charge in [-0.25, -0.2) is 0 Å². The molecule has 1 aliphatic heterocycles. The Kier molecular flexibility index (Phi) is 2.49. The number of morpholine rings is 1. The van der Waals surface area contributed by atoms with E-state index in [-0.39, 0.29) is 6.10 Å². The summed E-state index contributed by atoms with van der Waals surface area (Å²) in [6.07, 6.45) is 0.635. The lowest BCUT2D eigenvalue weighted by molar-refractivity contribution is 0.0319. The van der Waals surface area contributed by atoms with Crippen molar-refractivity contribution < 1.29 is 4.74 Å². The molecule has 1 rings (SSSR count). The summed E-state index contributed by atoms with van der Waals surface area (Å²) in [6, 6.07) is 2.07. The Morgan fingerprint density at radius 2 is 2.67 bits per heavy atom. The molecule has 1 aliphatic rings. The predicted octanol–water partition coefficient (Wildman–Crippen LogP) is -0.112. The Morgan fingerprint density at radius 3 is 3.22 bits per heavy atom. The van der Waals surface area contributed by atoms with Gasteiger partial charge in [-0.15, -0.1) is 0 Å². The Morgan fingerprint density at radius 1 is 1.78 bits per heavy atom. The van der Waals surface area contributed by atoms with Gasteiger partial charge in [-0.1, -0.05) is 0 Å². The van der Waals surface area contributed by atoms with Crippen molar-refractivity contribution in [1.82, 2.24) is 5.32 Å². The quantitative estimate of drug-likeness (QED) is 0.533. The van der Waals surface area contributed by atoms with Crippen LogP contribution < -0.4 is 5.32 Å². The van der Waals surface area contributed by atoms with Crippen LogP contribution in [0.1, 0.15) is 6.42 Å². The maximum Gasteiger partial charge on any atom is 0.0829 e. The van der Waals surface area contributed by atoms with E-state index < -0.39 is 0 Å². The molecule has 1 fully saturated rings. The fraction of sp³-hybridized carbons (Fsp3) is 0.833. The third kappa shape index (κ3) is 2.00. The highest BCUT2D eigenvalue weighted by atomic mass is 16.5. The summed E-state index contributed by atoms with van der Waals surface area (Å²) >= 11 is 0. The first-order valence-electron chi connectivity index (χ1n) is 3.13. The molecular formula is C6H10N2O. The molecule has 3 heteroatoms. The average molecular weight is 126 g/mol. The highest BCUT2D eigenvalue weighted by Crippen LogP contribution is 1.98. The van der Waals surface area contributed by atoms with Crippen LogP contribution in [0.25, 0.3) is 0 Å². The SMILES string of the molecule is N#CC[C@@H]1CNCCO1. The van der Waals surface area contributed by atoms with E-state index in [1.165, 1.54) is 0 Å². The van der Waals surface area contributed by atoms with E-state index in [2.05, 4.69) is 11.4 Å². The average Bonchev–Trinajstić information content (AvgIpc) is 1.91. The second-order valence-corrected chi connectivity index (χ2v) is 2.06. The Labute approximate surface area is 54.6 Å². The molecule has 0 radical (unpaired) electrons. The molecule has 0 saturated carbocycles. The van der Waals surface area contributed by atoms with Crippen molar-refractivity contribution in [2.24, 2.45) is 0 Å². The molecule has 0 amide bonds. The predicted molar refractivity (Wildman–Crippen MR) is 32.8 cm³/mol. The molecule has 0 unspecified atom stereocenters. The highest BCUT2D eigenvalue weighted by molar-refractivity contribution is 4.79. The van der Waals surface area contributed by atoms with Crippen molar-refractivity contribution in [3.05, 3.63) is 0 Å². The minimum atomic E-state index is 0.128. The van der Waals surface area contributed by atoms with Gasteiger partial charge in [-0.05, 0) is 0 Å². The number of rotatable bonds is 1. The number of hydrogen-bond donors (Lipinski definition) is 1. The molecule has 1 N–H and O–H groups in total. The van der Waals surface area contributed by atoms with E-state index in [0.717, 1.165) is 19.7 Å². The van der Waals surface area contributed by atoms with Crippen LogP contribution in [0.3, 0.4) is 0 Å². The van der Waals surface area contributed by atoms with Gasteiger partial charge in [0.25, 0.3) is 0 Å². The van der Waals surface area contributed by atoms with E-state index in [0.29, 0.717) is 6.42 Å². The van der Waals surface area contributed by atoms with Gasteiger partial charge in [0.15, 0.2) is 0 Å². The van der Waals surface area contributed by atoms with E-state index in [1.54, 1.807) is 0 Å². The summed E-state index contributed by atoms with van der Waals surface area (Å²) in [7, 11) is 0. The summed E-state index contributed by atoms with van der Waals surface area (Å²) in [5.74, 6) is 0. The summed E-state index contributed by atoms with van der Waals surface area (Å²) in [5.41, 5.74) is 0. The summed E-state index contributed by atoms with van der Waals surface area (Å²) in [6.45, 7) is 2.49. The maximum atomic E-state index is 8.26. The molecule has 0 aromatic carbocycles. The lowest BCUT2D eigenvalue weighted by atomic mass is 10.2. The minimum Gasteiger partial charge on any atom is -0.375 e. The first-order valence-corrected chi connectivity index (χ1v) is 3.13. The first-order chi connectivity index (χ1) is 4.43. The van der Waals surface area contributed by atoms with Crippen LogP contribution in [-0.2, 0) is 4.74 Å². The molecular weight excluding hydrogens is 116 g/mol. The lowest BCUT2D eigenvalue weighted by Gasteiger charge is -2.20. The zero-order valence-corrected chi connectivity index (χ0v) is 5.26. The van der Waals surface area contributed by atoms with Crippen LogP contribution in [0, 0.1) is 11.3 Å².